The standard InChI is InChI=1S/C8H14O3/c1-10-8(11-2)6-4-3-5-7-9/h8-9H,4,6-7H2,1-2H3. The molecule has 11 heavy (non-hydrogen) atoms. The Balaban J connectivity index is 3.35. The van der Waals surface area contributed by atoms with Crippen molar-refractivity contribution in [1.29, 1.82) is 0 Å². The Morgan fingerprint density at radius 3 is 2.36 bits per heavy atom. The van der Waals surface area contributed by atoms with Gasteiger partial charge in [-0.15, -0.1) is 5.92 Å². The lowest BCUT2D eigenvalue weighted by atomic mass is 10.3. The average Bonchev–Trinajstić information content (AvgIpc) is 2.05. The molecule has 1 N–H and O–H groups in total. The molecular weight excluding hydrogens is 144 g/mol. The maximum absolute atomic E-state index is 8.31. The highest BCUT2D eigenvalue weighted by atomic mass is 16.7. The summed E-state index contributed by atoms with van der Waals surface area (Å²) in [5.41, 5.74) is 0. The summed E-state index contributed by atoms with van der Waals surface area (Å²) in [6.45, 7) is -0.0787. The van der Waals surface area contributed by atoms with Crippen molar-refractivity contribution < 1.29 is 14.6 Å². The smallest absolute Gasteiger partial charge is 0.157 e. The summed E-state index contributed by atoms with van der Waals surface area (Å²) in [6, 6.07) is 0. The van der Waals surface area contributed by atoms with E-state index in [1.54, 1.807) is 14.2 Å². The van der Waals surface area contributed by atoms with Crippen LogP contribution in [0.25, 0.3) is 0 Å². The van der Waals surface area contributed by atoms with Crippen LogP contribution in [0.1, 0.15) is 12.8 Å². The minimum atomic E-state index is -0.178. The van der Waals surface area contributed by atoms with Gasteiger partial charge in [0.15, 0.2) is 6.29 Å². The predicted molar refractivity (Wildman–Crippen MR) is 41.9 cm³/mol. The van der Waals surface area contributed by atoms with E-state index in [1.165, 1.54) is 0 Å². The van der Waals surface area contributed by atoms with Crippen molar-refractivity contribution in [1.82, 2.24) is 0 Å². The van der Waals surface area contributed by atoms with Crippen LogP contribution in [-0.4, -0.2) is 32.2 Å². The molecule has 0 saturated carbocycles. The molecule has 3 heteroatoms. The fourth-order valence-electron chi connectivity index (χ4n) is 0.666. The van der Waals surface area contributed by atoms with Crippen LogP contribution >= 0.6 is 0 Å². The van der Waals surface area contributed by atoms with Crippen molar-refractivity contribution >= 4 is 0 Å². The highest BCUT2D eigenvalue weighted by Crippen LogP contribution is 1.99. The van der Waals surface area contributed by atoms with Gasteiger partial charge in [-0.25, -0.2) is 0 Å². The quantitative estimate of drug-likeness (QED) is 0.475. The molecule has 0 aliphatic carbocycles. The van der Waals surface area contributed by atoms with E-state index >= 15 is 0 Å². The maximum Gasteiger partial charge on any atom is 0.157 e. The summed E-state index contributed by atoms with van der Waals surface area (Å²) in [4.78, 5) is 0. The van der Waals surface area contributed by atoms with E-state index < -0.39 is 0 Å². The number of aliphatic hydroxyl groups excluding tert-OH is 1. The van der Waals surface area contributed by atoms with E-state index in [-0.39, 0.29) is 12.9 Å². The van der Waals surface area contributed by atoms with Gasteiger partial charge in [0.1, 0.15) is 6.61 Å². The Labute approximate surface area is 67.3 Å². The third-order valence-electron chi connectivity index (χ3n) is 1.23. The van der Waals surface area contributed by atoms with Gasteiger partial charge in [-0.1, -0.05) is 5.92 Å². The van der Waals surface area contributed by atoms with Crippen LogP contribution in [0.2, 0.25) is 0 Å². The second kappa shape index (κ2) is 7.55. The van der Waals surface area contributed by atoms with Gasteiger partial charge in [0, 0.05) is 27.1 Å². The second-order valence-electron chi connectivity index (χ2n) is 1.95. The molecular formula is C8H14O3. The molecule has 0 unspecified atom stereocenters. The van der Waals surface area contributed by atoms with Crippen molar-refractivity contribution in [2.45, 2.75) is 19.1 Å². The summed E-state index contributed by atoms with van der Waals surface area (Å²) in [5, 5.41) is 8.31. The fourth-order valence-corrected chi connectivity index (χ4v) is 0.666. The Hall–Kier alpha value is -0.560. The van der Waals surface area contributed by atoms with Gasteiger partial charge >= 0.3 is 0 Å². The van der Waals surface area contributed by atoms with Crippen LogP contribution in [0.15, 0.2) is 0 Å². The first-order chi connectivity index (χ1) is 5.35. The SMILES string of the molecule is COC(CCC#CCO)OC. The van der Waals surface area contributed by atoms with Crippen LogP contribution in [0.4, 0.5) is 0 Å². The molecule has 64 valence electrons. The number of ether oxygens (including phenoxy) is 2. The van der Waals surface area contributed by atoms with Gasteiger partial charge in [0.25, 0.3) is 0 Å². The van der Waals surface area contributed by atoms with Crippen molar-refractivity contribution in [2.75, 3.05) is 20.8 Å². The fraction of sp³-hybridized carbons (Fsp3) is 0.750. The van der Waals surface area contributed by atoms with Gasteiger partial charge in [-0.3, -0.25) is 0 Å². The van der Waals surface area contributed by atoms with Crippen molar-refractivity contribution in [3.8, 4) is 11.8 Å². The molecule has 0 aromatic heterocycles. The summed E-state index contributed by atoms with van der Waals surface area (Å²) < 4.78 is 9.85. The Morgan fingerprint density at radius 2 is 1.91 bits per heavy atom. The lowest BCUT2D eigenvalue weighted by Gasteiger charge is -2.10. The number of rotatable bonds is 4. The first-order valence-corrected chi connectivity index (χ1v) is 3.47. The van der Waals surface area contributed by atoms with E-state index in [9.17, 15) is 0 Å². The summed E-state index contributed by atoms with van der Waals surface area (Å²) in [6.07, 6.45) is 1.25. The highest BCUT2D eigenvalue weighted by Gasteiger charge is 2.01. The minimum Gasteiger partial charge on any atom is -0.384 e. The predicted octanol–water partition coefficient (Wildman–Crippen LogP) is 0.381. The number of methoxy groups -OCH3 is 2. The molecule has 0 atom stereocenters. The topological polar surface area (TPSA) is 38.7 Å². The zero-order valence-corrected chi connectivity index (χ0v) is 6.96. The largest absolute Gasteiger partial charge is 0.384 e. The number of hydrogen-bond acceptors (Lipinski definition) is 3. The lowest BCUT2D eigenvalue weighted by Crippen LogP contribution is -2.11. The molecule has 0 aromatic carbocycles. The molecule has 0 radical (unpaired) electrons. The molecule has 0 heterocycles. The van der Waals surface area contributed by atoms with Gasteiger partial charge in [0.2, 0.25) is 0 Å². The van der Waals surface area contributed by atoms with E-state index in [4.69, 9.17) is 14.6 Å². The van der Waals surface area contributed by atoms with Crippen molar-refractivity contribution in [3.63, 3.8) is 0 Å². The Kier molecular flexibility index (Phi) is 7.16. The van der Waals surface area contributed by atoms with E-state index in [2.05, 4.69) is 11.8 Å². The van der Waals surface area contributed by atoms with E-state index in [0.29, 0.717) is 6.42 Å². The van der Waals surface area contributed by atoms with Gasteiger partial charge in [-0.05, 0) is 0 Å². The third kappa shape index (κ3) is 5.86. The number of hydrogen-bond donors (Lipinski definition) is 1. The zero-order chi connectivity index (χ0) is 8.53. The molecule has 0 amide bonds. The molecule has 0 rings (SSSR count). The Bertz CT molecular complexity index is 130. The second-order valence-corrected chi connectivity index (χ2v) is 1.95. The lowest BCUT2D eigenvalue weighted by molar-refractivity contribution is -0.105. The normalized spacial score (nSPS) is 9.45. The van der Waals surface area contributed by atoms with E-state index in [0.717, 1.165) is 6.42 Å². The average molecular weight is 158 g/mol. The third-order valence-corrected chi connectivity index (χ3v) is 1.23. The van der Waals surface area contributed by atoms with Gasteiger partial charge in [-0.2, -0.15) is 0 Å². The maximum atomic E-state index is 8.31. The summed E-state index contributed by atoms with van der Waals surface area (Å²) in [7, 11) is 3.18. The minimum absolute atomic E-state index is 0.0787. The molecule has 0 spiro atoms. The Morgan fingerprint density at radius 1 is 1.27 bits per heavy atom. The summed E-state index contributed by atoms with van der Waals surface area (Å²) in [5.74, 6) is 5.32. The molecule has 0 aliphatic rings. The van der Waals surface area contributed by atoms with E-state index in [1.807, 2.05) is 0 Å². The number of aliphatic hydroxyl groups is 1. The molecule has 3 nitrogen and oxygen atoms in total. The molecule has 0 saturated heterocycles. The monoisotopic (exact) mass is 158 g/mol. The van der Waals surface area contributed by atoms with Crippen LogP contribution in [0.3, 0.4) is 0 Å². The highest BCUT2D eigenvalue weighted by molar-refractivity contribution is 4.98. The van der Waals surface area contributed by atoms with Gasteiger partial charge < -0.3 is 14.6 Å². The first-order valence-electron chi connectivity index (χ1n) is 3.47. The first kappa shape index (κ1) is 10.4. The summed E-state index contributed by atoms with van der Waals surface area (Å²) >= 11 is 0. The van der Waals surface area contributed by atoms with Crippen LogP contribution in [0, 0.1) is 11.8 Å². The molecule has 0 bridgehead atoms. The van der Waals surface area contributed by atoms with Crippen LogP contribution in [-0.2, 0) is 9.47 Å². The molecule has 0 fully saturated rings. The van der Waals surface area contributed by atoms with Crippen LogP contribution < -0.4 is 0 Å². The van der Waals surface area contributed by atoms with Crippen LogP contribution in [0.5, 0.6) is 0 Å². The molecule has 0 aliphatic heterocycles. The zero-order valence-electron chi connectivity index (χ0n) is 6.96. The van der Waals surface area contributed by atoms with Crippen molar-refractivity contribution in [2.24, 2.45) is 0 Å². The van der Waals surface area contributed by atoms with Crippen molar-refractivity contribution in [3.05, 3.63) is 0 Å². The molecule has 0 aromatic rings. The van der Waals surface area contributed by atoms with Gasteiger partial charge in [0.05, 0.1) is 0 Å².